The monoisotopic (exact) mass is 315 g/mol. The van der Waals surface area contributed by atoms with E-state index in [1.165, 1.54) is 16.8 Å². The van der Waals surface area contributed by atoms with Crippen LogP contribution in [0.3, 0.4) is 0 Å². The van der Waals surface area contributed by atoms with Crippen LogP contribution in [0.4, 0.5) is 5.69 Å². The van der Waals surface area contributed by atoms with E-state index >= 15 is 0 Å². The molecule has 0 fully saturated rings. The van der Waals surface area contributed by atoms with Crippen LogP contribution in [0, 0.1) is 0 Å². The summed E-state index contributed by atoms with van der Waals surface area (Å²) in [5, 5.41) is 0. The van der Waals surface area contributed by atoms with E-state index in [4.69, 9.17) is 0 Å². The Labute approximate surface area is 104 Å². The van der Waals surface area contributed by atoms with Crippen LogP contribution >= 0.6 is 22.6 Å². The van der Waals surface area contributed by atoms with Gasteiger partial charge in [0, 0.05) is 16.7 Å². The van der Waals surface area contributed by atoms with Crippen LogP contribution in [-0.2, 0) is 15.6 Å². The van der Waals surface area contributed by atoms with Crippen molar-refractivity contribution in [2.24, 2.45) is 0 Å². The lowest BCUT2D eigenvalue weighted by molar-refractivity contribution is -0.106. The van der Waals surface area contributed by atoms with Crippen LogP contribution in [0.5, 0.6) is 0 Å². The fourth-order valence-corrected chi connectivity index (χ4v) is 2.57. The van der Waals surface area contributed by atoms with Crippen molar-refractivity contribution in [2.75, 3.05) is 18.0 Å². The van der Waals surface area contributed by atoms with Gasteiger partial charge in [-0.2, -0.15) is 0 Å². The maximum atomic E-state index is 10.6. The second kappa shape index (κ2) is 4.96. The van der Waals surface area contributed by atoms with Gasteiger partial charge in [0.25, 0.3) is 0 Å². The average Bonchev–Trinajstić information content (AvgIpc) is 2.29. The Kier molecular flexibility index (Phi) is 3.61. The van der Waals surface area contributed by atoms with Gasteiger partial charge in [-0.15, -0.1) is 0 Å². The Hall–Kier alpha value is -0.580. The minimum absolute atomic E-state index is 0.524. The first kappa shape index (κ1) is 10.9. The number of rotatable bonds is 3. The molecular formula is C12H14INO. The van der Waals surface area contributed by atoms with E-state index in [1.807, 2.05) is 0 Å². The molecule has 0 aliphatic carbocycles. The summed E-state index contributed by atoms with van der Waals surface area (Å²) in [5.74, 6) is 0. The minimum Gasteiger partial charge on any atom is -0.364 e. The van der Waals surface area contributed by atoms with E-state index < -0.39 is 0 Å². The number of halogens is 1. The quantitative estimate of drug-likeness (QED) is 0.485. The highest BCUT2D eigenvalue weighted by molar-refractivity contribution is 14.1. The van der Waals surface area contributed by atoms with Gasteiger partial charge in [0.1, 0.15) is 6.29 Å². The van der Waals surface area contributed by atoms with Crippen LogP contribution in [0.1, 0.15) is 17.5 Å². The molecule has 0 bridgehead atoms. The van der Waals surface area contributed by atoms with Gasteiger partial charge in [0.15, 0.2) is 0 Å². The number of aldehydes is 1. The fourth-order valence-electron chi connectivity index (χ4n) is 2.09. The zero-order chi connectivity index (χ0) is 10.7. The second-order valence-electron chi connectivity index (χ2n) is 3.81. The Morgan fingerprint density at radius 1 is 1.47 bits per heavy atom. The van der Waals surface area contributed by atoms with Crippen LogP contribution in [0.15, 0.2) is 18.2 Å². The van der Waals surface area contributed by atoms with Gasteiger partial charge in [-0.1, -0.05) is 34.7 Å². The number of benzene rings is 1. The van der Waals surface area contributed by atoms with Gasteiger partial charge in [0.2, 0.25) is 0 Å². The molecule has 1 aliphatic rings. The molecule has 1 heterocycles. The Bertz CT molecular complexity index is 365. The lowest BCUT2D eigenvalue weighted by Gasteiger charge is -2.29. The molecule has 0 saturated carbocycles. The first-order valence-corrected chi connectivity index (χ1v) is 6.74. The molecule has 2 nitrogen and oxygen atoms in total. The number of carbonyl (C=O) groups is 1. The average molecular weight is 315 g/mol. The summed E-state index contributed by atoms with van der Waals surface area (Å²) in [7, 11) is 0. The maximum Gasteiger partial charge on any atom is 0.139 e. The van der Waals surface area contributed by atoms with Crippen molar-refractivity contribution in [3.05, 3.63) is 29.3 Å². The van der Waals surface area contributed by atoms with Crippen LogP contribution in [0.25, 0.3) is 0 Å². The first-order chi connectivity index (χ1) is 7.35. The second-order valence-corrected chi connectivity index (χ2v) is 4.58. The van der Waals surface area contributed by atoms with Crippen molar-refractivity contribution >= 4 is 34.6 Å². The van der Waals surface area contributed by atoms with E-state index in [2.05, 4.69) is 45.7 Å². The van der Waals surface area contributed by atoms with Gasteiger partial charge >= 0.3 is 0 Å². The van der Waals surface area contributed by atoms with Gasteiger partial charge in [-0.05, 0) is 30.0 Å². The zero-order valence-electron chi connectivity index (χ0n) is 8.58. The Morgan fingerprint density at radius 3 is 3.07 bits per heavy atom. The van der Waals surface area contributed by atoms with Crippen molar-refractivity contribution in [1.82, 2.24) is 0 Å². The van der Waals surface area contributed by atoms with E-state index in [0.717, 1.165) is 30.1 Å². The Balaban J connectivity index is 2.31. The summed E-state index contributed by atoms with van der Waals surface area (Å²) >= 11 is 2.38. The summed E-state index contributed by atoms with van der Waals surface area (Å²) in [6.45, 7) is 1.53. The summed E-state index contributed by atoms with van der Waals surface area (Å²) < 4.78 is 1.05. The number of alkyl halides is 1. The van der Waals surface area contributed by atoms with Gasteiger partial charge in [0.05, 0.1) is 6.54 Å². The molecule has 1 aliphatic heterocycles. The molecule has 0 amide bonds. The van der Waals surface area contributed by atoms with Crippen LogP contribution in [0.2, 0.25) is 0 Å². The third kappa shape index (κ3) is 2.33. The highest BCUT2D eigenvalue weighted by atomic mass is 127. The number of hydrogen-bond acceptors (Lipinski definition) is 2. The molecule has 0 unspecified atom stereocenters. The number of fused-ring (bicyclic) bond motifs is 1. The molecule has 0 aromatic heterocycles. The summed E-state index contributed by atoms with van der Waals surface area (Å²) in [6.07, 6.45) is 3.29. The van der Waals surface area contributed by atoms with E-state index in [0.29, 0.717) is 6.54 Å². The zero-order valence-corrected chi connectivity index (χ0v) is 10.7. The molecule has 80 valence electrons. The van der Waals surface area contributed by atoms with Crippen molar-refractivity contribution in [3.8, 4) is 0 Å². The molecule has 0 atom stereocenters. The molecule has 0 N–H and O–H groups in total. The summed E-state index contributed by atoms with van der Waals surface area (Å²) in [5.41, 5.74) is 4.03. The SMILES string of the molecule is O=CCN1CCCc2cc(CI)ccc21. The molecule has 1 aromatic carbocycles. The van der Waals surface area contributed by atoms with Crippen molar-refractivity contribution in [3.63, 3.8) is 0 Å². The molecule has 2 rings (SSSR count). The number of carbonyl (C=O) groups excluding carboxylic acids is 1. The van der Waals surface area contributed by atoms with Crippen molar-refractivity contribution < 1.29 is 4.79 Å². The number of hydrogen-bond donors (Lipinski definition) is 0. The smallest absolute Gasteiger partial charge is 0.139 e. The number of nitrogens with zero attached hydrogens (tertiary/aromatic N) is 1. The molecule has 3 heteroatoms. The van der Waals surface area contributed by atoms with E-state index in [1.54, 1.807) is 0 Å². The molecule has 0 saturated heterocycles. The molecule has 1 aromatic rings. The van der Waals surface area contributed by atoms with Crippen LogP contribution < -0.4 is 4.90 Å². The van der Waals surface area contributed by atoms with Crippen molar-refractivity contribution in [2.45, 2.75) is 17.3 Å². The highest BCUT2D eigenvalue weighted by Crippen LogP contribution is 2.28. The number of aryl methyl sites for hydroxylation is 1. The summed E-state index contributed by atoms with van der Waals surface area (Å²) in [4.78, 5) is 12.7. The molecule has 0 radical (unpaired) electrons. The predicted octanol–water partition coefficient (Wildman–Crippen LogP) is 2.57. The Morgan fingerprint density at radius 2 is 2.33 bits per heavy atom. The van der Waals surface area contributed by atoms with Gasteiger partial charge < -0.3 is 9.69 Å². The lowest BCUT2D eigenvalue weighted by Crippen LogP contribution is -2.30. The van der Waals surface area contributed by atoms with Crippen LogP contribution in [-0.4, -0.2) is 19.4 Å². The maximum absolute atomic E-state index is 10.6. The molecular weight excluding hydrogens is 301 g/mol. The standard InChI is InChI=1S/C12H14INO/c13-9-10-3-4-12-11(8-10)2-1-5-14(12)6-7-15/h3-4,7-8H,1-2,5-6,9H2. The fraction of sp³-hybridized carbons (Fsp3) is 0.417. The number of anilines is 1. The van der Waals surface area contributed by atoms with Crippen molar-refractivity contribution in [1.29, 1.82) is 0 Å². The van der Waals surface area contributed by atoms with Gasteiger partial charge in [-0.3, -0.25) is 0 Å². The molecule has 0 spiro atoms. The predicted molar refractivity (Wildman–Crippen MR) is 70.8 cm³/mol. The largest absolute Gasteiger partial charge is 0.364 e. The minimum atomic E-state index is 0.524. The highest BCUT2D eigenvalue weighted by Gasteiger charge is 2.16. The third-order valence-electron chi connectivity index (χ3n) is 2.81. The molecule has 15 heavy (non-hydrogen) atoms. The van der Waals surface area contributed by atoms with E-state index in [9.17, 15) is 4.79 Å². The van der Waals surface area contributed by atoms with E-state index in [-0.39, 0.29) is 0 Å². The third-order valence-corrected chi connectivity index (χ3v) is 3.69. The van der Waals surface area contributed by atoms with Gasteiger partial charge in [-0.25, -0.2) is 0 Å². The first-order valence-electron chi connectivity index (χ1n) is 5.21. The normalized spacial score (nSPS) is 14.9. The summed E-state index contributed by atoms with van der Waals surface area (Å²) in [6, 6.07) is 6.60. The lowest BCUT2D eigenvalue weighted by atomic mass is 10.00. The topological polar surface area (TPSA) is 20.3 Å².